The molecule has 0 radical (unpaired) electrons. The molecule has 0 aromatic rings. The Kier molecular flexibility index (Phi) is 6.60. The highest BCUT2D eigenvalue weighted by Crippen LogP contribution is 2.66. The number of carbonyl (C=O) groups excluding carboxylic acids is 2. The molecule has 3 N–H and O–H groups in total. The number of nitrogens with one attached hydrogen (secondary N) is 2. The van der Waals surface area contributed by atoms with E-state index < -0.39 is 35.2 Å². The monoisotopic (exact) mass is 520 g/mol. The van der Waals surface area contributed by atoms with Crippen LogP contribution in [0.2, 0.25) is 6.32 Å². The molecule has 1 heterocycles. The van der Waals surface area contributed by atoms with Crippen molar-refractivity contribution in [2.45, 2.75) is 128 Å². The molecule has 10 atom stereocenters. The molecule has 0 unspecified atom stereocenters. The second-order valence-corrected chi connectivity index (χ2v) is 14.6. The van der Waals surface area contributed by atoms with Gasteiger partial charge in [-0.1, -0.05) is 20.3 Å². The summed E-state index contributed by atoms with van der Waals surface area (Å²) in [5.74, 6) is -0.417. The Morgan fingerprint density at radius 3 is 2.49 bits per heavy atom. The molecule has 208 valence electrons. The molecule has 6 aliphatic rings. The van der Waals surface area contributed by atoms with Gasteiger partial charge in [-0.05, 0) is 95.2 Å². The highest BCUT2D eigenvalue weighted by atomic mass is 19.1. The first-order chi connectivity index (χ1) is 17.1. The van der Waals surface area contributed by atoms with Gasteiger partial charge in [-0.15, -0.1) is 0 Å². The zero-order chi connectivity index (χ0) is 27.1. The van der Waals surface area contributed by atoms with E-state index in [9.17, 15) is 14.7 Å². The van der Waals surface area contributed by atoms with E-state index in [-0.39, 0.29) is 42.0 Å². The van der Waals surface area contributed by atoms with Crippen LogP contribution in [-0.2, 0) is 18.9 Å². The van der Waals surface area contributed by atoms with Gasteiger partial charge in [-0.3, -0.25) is 9.59 Å². The molecule has 0 aromatic carbocycles. The first kappa shape index (κ1) is 27.4. The lowest BCUT2D eigenvalue weighted by Crippen LogP contribution is -2.65. The minimum Gasteiger partial charge on any atom is -0.405 e. The Balaban J connectivity index is 1.32. The lowest BCUT2D eigenvalue weighted by atomic mass is 9.43. The molecule has 2 bridgehead atoms. The molecular formula is C28H46BFN2O5. The number of hydrogen-bond donors (Lipinski definition) is 3. The molecule has 6 rings (SSSR count). The molecule has 6 fully saturated rings. The maximum Gasteiger partial charge on any atom is 0.457 e. The number of hydrogen-bond acceptors (Lipinski definition) is 5. The van der Waals surface area contributed by atoms with Crippen molar-refractivity contribution in [3.8, 4) is 0 Å². The zero-order valence-corrected chi connectivity index (χ0v) is 23.6. The second-order valence-electron chi connectivity index (χ2n) is 14.6. The molecule has 0 aromatic heterocycles. The van der Waals surface area contributed by atoms with Gasteiger partial charge in [-0.25, -0.2) is 4.39 Å². The van der Waals surface area contributed by atoms with Crippen LogP contribution in [0.1, 0.15) is 87.0 Å². The van der Waals surface area contributed by atoms with Crippen molar-refractivity contribution >= 4 is 18.9 Å². The molecule has 1 aliphatic heterocycles. The van der Waals surface area contributed by atoms with Crippen LogP contribution in [0, 0.1) is 35.0 Å². The molecule has 0 spiro atoms. The Morgan fingerprint density at radius 1 is 1.16 bits per heavy atom. The van der Waals surface area contributed by atoms with E-state index in [1.807, 2.05) is 20.8 Å². The van der Waals surface area contributed by atoms with Gasteiger partial charge in [-0.2, -0.15) is 0 Å². The fourth-order valence-electron chi connectivity index (χ4n) is 9.02. The van der Waals surface area contributed by atoms with Gasteiger partial charge in [0, 0.05) is 18.4 Å². The van der Waals surface area contributed by atoms with Gasteiger partial charge in [0.1, 0.15) is 11.7 Å². The first-order valence-corrected chi connectivity index (χ1v) is 14.4. The average molecular weight is 520 g/mol. The third kappa shape index (κ3) is 4.35. The van der Waals surface area contributed by atoms with Crippen LogP contribution in [0.3, 0.4) is 0 Å². The Bertz CT molecular complexity index is 942. The highest BCUT2D eigenvalue weighted by Gasteiger charge is 2.68. The second kappa shape index (κ2) is 8.92. The summed E-state index contributed by atoms with van der Waals surface area (Å²) in [5.41, 5.74) is -1.68. The predicted molar refractivity (Wildman–Crippen MR) is 139 cm³/mol. The molecule has 7 nitrogen and oxygen atoms in total. The van der Waals surface area contributed by atoms with E-state index in [2.05, 4.69) is 31.4 Å². The highest BCUT2D eigenvalue weighted by molar-refractivity contribution is 6.45. The van der Waals surface area contributed by atoms with E-state index in [1.165, 1.54) is 13.3 Å². The number of rotatable bonds is 6. The maximum absolute atomic E-state index is 15.4. The molecular weight excluding hydrogens is 474 g/mol. The average Bonchev–Trinajstić information content (AvgIpc) is 3.34. The number of carbonyl (C=O) groups is 2. The lowest BCUT2D eigenvalue weighted by molar-refractivity contribution is -0.199. The summed E-state index contributed by atoms with van der Waals surface area (Å²) in [7, 11) is -0.309. The molecule has 1 saturated heterocycles. The van der Waals surface area contributed by atoms with Crippen molar-refractivity contribution in [2.75, 3.05) is 0 Å². The summed E-state index contributed by atoms with van der Waals surface area (Å²) in [6.45, 7) is 14.0. The normalized spacial score (nSPS) is 45.7. The summed E-state index contributed by atoms with van der Waals surface area (Å²) in [4.78, 5) is 26.1. The van der Waals surface area contributed by atoms with Gasteiger partial charge in [0.25, 0.3) is 0 Å². The van der Waals surface area contributed by atoms with Gasteiger partial charge in [0.2, 0.25) is 11.8 Å². The van der Waals surface area contributed by atoms with Crippen LogP contribution < -0.4 is 10.6 Å². The minimum atomic E-state index is -1.40. The fourth-order valence-corrected chi connectivity index (χ4v) is 9.02. The molecule has 9 heteroatoms. The van der Waals surface area contributed by atoms with Crippen molar-refractivity contribution in [3.05, 3.63) is 0 Å². The molecule has 2 amide bonds. The third-order valence-corrected chi connectivity index (χ3v) is 10.8. The van der Waals surface area contributed by atoms with Crippen LogP contribution in [-0.4, -0.2) is 59.1 Å². The van der Waals surface area contributed by atoms with E-state index in [0.29, 0.717) is 43.8 Å². The van der Waals surface area contributed by atoms with Crippen LogP contribution >= 0.6 is 0 Å². The number of aliphatic hydroxyl groups excluding tert-OH is 1. The van der Waals surface area contributed by atoms with E-state index in [4.69, 9.17) is 9.31 Å². The molecule has 37 heavy (non-hydrogen) atoms. The van der Waals surface area contributed by atoms with Crippen molar-refractivity contribution in [1.82, 2.24) is 10.6 Å². The van der Waals surface area contributed by atoms with E-state index in [0.717, 1.165) is 6.42 Å². The number of fused-ring (bicyclic) bond motifs is 1. The standard InChI is InChI=1S/C28H46BFN2O5/c1-15(33)31-28(24(35)32-25(2,3)4)14-16-11-19(34)23(30)22(16)18(28)9-8-10-29-36-21-13-17-12-20(26(17,5)6)27(21,7)37-29/h16-23,34H,8-14H2,1-7H3,(H,31,33)(H,32,35)/t16-,17+,18+,19+,20+,21-,22-,23+,27+,28+/m1/s1. The maximum atomic E-state index is 15.4. The third-order valence-electron chi connectivity index (χ3n) is 10.8. The predicted octanol–water partition coefficient (Wildman–Crippen LogP) is 3.64. The van der Waals surface area contributed by atoms with Crippen molar-refractivity contribution in [3.63, 3.8) is 0 Å². The van der Waals surface area contributed by atoms with Crippen LogP contribution in [0.15, 0.2) is 0 Å². The number of aliphatic hydroxyl groups is 1. The van der Waals surface area contributed by atoms with Crippen molar-refractivity contribution in [2.24, 2.45) is 35.0 Å². The SMILES string of the molecule is CC(=O)N[C@@]1(C(=O)NC(C)(C)C)C[C@H]2C[C@H](O)[C@H](F)[C@H]2[C@@H]1CCCB1O[C@@H]2C[C@@H]3C[C@@H](C3(C)C)[C@]2(C)O1. The van der Waals surface area contributed by atoms with Gasteiger partial charge in [0.05, 0.1) is 17.8 Å². The summed E-state index contributed by atoms with van der Waals surface area (Å²) < 4.78 is 28.3. The summed E-state index contributed by atoms with van der Waals surface area (Å²) >= 11 is 0. The Morgan fingerprint density at radius 2 is 1.86 bits per heavy atom. The summed E-state index contributed by atoms with van der Waals surface area (Å²) in [6.07, 6.45) is 2.48. The summed E-state index contributed by atoms with van der Waals surface area (Å²) in [6, 6.07) is 0. The van der Waals surface area contributed by atoms with Gasteiger partial charge in [0.15, 0.2) is 0 Å². The van der Waals surface area contributed by atoms with Crippen LogP contribution in [0.25, 0.3) is 0 Å². The van der Waals surface area contributed by atoms with Gasteiger partial charge < -0.3 is 25.0 Å². The van der Waals surface area contributed by atoms with Crippen molar-refractivity contribution < 1.29 is 28.4 Å². The van der Waals surface area contributed by atoms with E-state index >= 15 is 4.39 Å². The number of halogens is 1. The van der Waals surface area contributed by atoms with E-state index in [1.54, 1.807) is 0 Å². The molecule has 5 aliphatic carbocycles. The number of amides is 2. The fraction of sp³-hybridized carbons (Fsp3) is 0.929. The first-order valence-electron chi connectivity index (χ1n) is 14.4. The molecule has 5 saturated carbocycles. The van der Waals surface area contributed by atoms with Gasteiger partial charge >= 0.3 is 7.12 Å². The van der Waals surface area contributed by atoms with Crippen LogP contribution in [0.4, 0.5) is 4.39 Å². The largest absolute Gasteiger partial charge is 0.457 e. The lowest BCUT2D eigenvalue weighted by Gasteiger charge is -2.64. The summed E-state index contributed by atoms with van der Waals surface area (Å²) in [5, 5.41) is 16.3. The minimum absolute atomic E-state index is 0.112. The Hall–Kier alpha value is -1.19. The zero-order valence-electron chi connectivity index (χ0n) is 23.6. The van der Waals surface area contributed by atoms with Crippen molar-refractivity contribution in [1.29, 1.82) is 0 Å². The van der Waals surface area contributed by atoms with Crippen LogP contribution in [0.5, 0.6) is 0 Å². The number of alkyl halides is 1. The quantitative estimate of drug-likeness (QED) is 0.465. The Labute approximate surface area is 221 Å². The topological polar surface area (TPSA) is 96.9 Å². The smallest absolute Gasteiger partial charge is 0.405 e.